The molecule has 0 saturated carbocycles. The zero-order valence-corrected chi connectivity index (χ0v) is 19.2. The molecule has 0 aliphatic rings. The van der Waals surface area contributed by atoms with Gasteiger partial charge in [-0.1, -0.05) is 71.5 Å². The van der Waals surface area contributed by atoms with E-state index in [4.69, 9.17) is 4.98 Å². The minimum absolute atomic E-state index is 0.0758. The molecule has 0 saturated heterocycles. The minimum Gasteiger partial charge on any atom is -0.305 e. The first-order chi connectivity index (χ1) is 14.7. The number of fused-ring (bicyclic) bond motifs is 1. The van der Waals surface area contributed by atoms with E-state index < -0.39 is 0 Å². The third kappa shape index (κ3) is 4.84. The van der Waals surface area contributed by atoms with Gasteiger partial charge in [0.25, 0.3) is 5.56 Å². The summed E-state index contributed by atoms with van der Waals surface area (Å²) in [6.07, 6.45) is 2.97. The van der Waals surface area contributed by atoms with Crippen molar-refractivity contribution in [1.82, 2.24) is 9.55 Å². The zero-order chi connectivity index (χ0) is 22.8. The predicted molar refractivity (Wildman–Crippen MR) is 129 cm³/mol. The summed E-state index contributed by atoms with van der Waals surface area (Å²) in [5.41, 5.74) is 4.83. The molecule has 4 nitrogen and oxygen atoms in total. The van der Waals surface area contributed by atoms with Crippen molar-refractivity contribution >= 4 is 22.9 Å². The molecule has 1 atom stereocenters. The van der Waals surface area contributed by atoms with Crippen molar-refractivity contribution in [1.29, 1.82) is 0 Å². The molecule has 162 valence electrons. The quantitative estimate of drug-likeness (QED) is 0.474. The van der Waals surface area contributed by atoms with E-state index in [1.807, 2.05) is 75.6 Å². The average molecular weight is 417 g/mol. The highest BCUT2D eigenvalue weighted by Crippen LogP contribution is 2.26. The smallest absolute Gasteiger partial charge is 0.273 e. The van der Waals surface area contributed by atoms with Gasteiger partial charge in [-0.2, -0.15) is 0 Å². The molecule has 0 spiro atoms. The van der Waals surface area contributed by atoms with Gasteiger partial charge in [0.15, 0.2) is 0 Å². The molecule has 4 heteroatoms. The van der Waals surface area contributed by atoms with Crippen LogP contribution >= 0.6 is 0 Å². The van der Waals surface area contributed by atoms with Crippen molar-refractivity contribution in [2.45, 2.75) is 59.4 Å². The highest BCUT2D eigenvalue weighted by Gasteiger charge is 2.23. The summed E-state index contributed by atoms with van der Waals surface area (Å²) in [6.45, 7) is 14.2. The molecule has 0 amide bonds. The van der Waals surface area contributed by atoms with E-state index in [0.717, 1.165) is 27.7 Å². The Bertz CT molecular complexity index is 1180. The predicted octanol–water partition coefficient (Wildman–Crippen LogP) is 6.01. The Morgan fingerprint density at radius 3 is 2.52 bits per heavy atom. The number of hydrogen-bond acceptors (Lipinski definition) is 3. The van der Waals surface area contributed by atoms with E-state index >= 15 is 0 Å². The molecule has 31 heavy (non-hydrogen) atoms. The Kier molecular flexibility index (Phi) is 6.59. The lowest BCUT2D eigenvalue weighted by Crippen LogP contribution is -2.33. The van der Waals surface area contributed by atoms with Crippen LogP contribution in [0.4, 0.5) is 0 Å². The summed E-state index contributed by atoms with van der Waals surface area (Å²) in [5, 5.41) is 0. The molecule has 0 N–H and O–H groups in total. The van der Waals surface area contributed by atoms with E-state index in [2.05, 4.69) is 18.7 Å². The Morgan fingerprint density at radius 1 is 1.16 bits per heavy atom. The topological polar surface area (TPSA) is 52.0 Å². The second kappa shape index (κ2) is 9.01. The zero-order valence-electron chi connectivity index (χ0n) is 19.2. The number of hydrogen-bond donors (Lipinski definition) is 0. The number of ketones is 1. The van der Waals surface area contributed by atoms with Crippen molar-refractivity contribution in [3.05, 3.63) is 70.7 Å². The molecule has 0 bridgehead atoms. The van der Waals surface area contributed by atoms with Crippen LogP contribution in [0, 0.1) is 5.92 Å². The van der Waals surface area contributed by atoms with Crippen LogP contribution in [-0.2, 0) is 16.8 Å². The van der Waals surface area contributed by atoms with Gasteiger partial charge in [-0.15, -0.1) is 0 Å². The largest absolute Gasteiger partial charge is 0.305 e. The van der Waals surface area contributed by atoms with Gasteiger partial charge in [-0.25, -0.2) is 4.98 Å². The lowest BCUT2D eigenvalue weighted by atomic mass is 9.92. The lowest BCUT2D eigenvalue weighted by molar-refractivity contribution is -0.122. The third-order valence-corrected chi connectivity index (χ3v) is 5.80. The molecule has 0 fully saturated rings. The molecule has 0 aliphatic heterocycles. The Hall–Kier alpha value is -3.01. The van der Waals surface area contributed by atoms with Gasteiger partial charge in [0, 0.05) is 24.3 Å². The first-order valence-corrected chi connectivity index (χ1v) is 11.0. The third-order valence-electron chi connectivity index (χ3n) is 5.80. The number of aryl methyl sites for hydroxylation is 1. The summed E-state index contributed by atoms with van der Waals surface area (Å²) < 4.78 is 1.81. The Morgan fingerprint density at radius 2 is 1.87 bits per heavy atom. The fourth-order valence-corrected chi connectivity index (χ4v) is 3.81. The second-order valence-corrected chi connectivity index (χ2v) is 9.21. The van der Waals surface area contributed by atoms with Gasteiger partial charge < -0.3 is 4.57 Å². The number of aromatic nitrogens is 2. The first kappa shape index (κ1) is 22.7. The van der Waals surface area contributed by atoms with Crippen LogP contribution in [0.2, 0.25) is 0 Å². The lowest BCUT2D eigenvalue weighted by Gasteiger charge is -2.21. The number of nitrogens with zero attached hydrogens (tertiary/aromatic N) is 2. The maximum Gasteiger partial charge on any atom is 0.273 e. The van der Waals surface area contributed by atoms with Crippen molar-refractivity contribution in [3.63, 3.8) is 0 Å². The van der Waals surface area contributed by atoms with Crippen LogP contribution in [0.1, 0.15) is 58.7 Å². The molecule has 1 unspecified atom stereocenters. The molecule has 3 rings (SSSR count). The van der Waals surface area contributed by atoms with E-state index in [1.54, 1.807) is 0 Å². The number of Topliss-reactive ketones (excluding diaryl/α,β-unsaturated/α-hetero) is 1. The normalized spacial score (nSPS) is 12.7. The summed E-state index contributed by atoms with van der Waals surface area (Å²) in [7, 11) is 0. The molecule has 0 aliphatic carbocycles. The Balaban J connectivity index is 2.17. The molecule has 1 heterocycles. The van der Waals surface area contributed by atoms with Crippen LogP contribution in [-0.4, -0.2) is 15.3 Å². The molecular formula is C27H32N2O2. The van der Waals surface area contributed by atoms with E-state index in [1.165, 1.54) is 0 Å². The van der Waals surface area contributed by atoms with Crippen molar-refractivity contribution in [2.24, 2.45) is 5.92 Å². The standard InChI is InChI=1S/C27H32N2O2/c1-7-19-10-9-11-20(16-19)21-12-13-22-23(17-21)29(15-14-18(3)24(30)8-2)26(31)25(28-22)27(4,5)6/h7,9-13,16-18H,1,8,14-15H2,2-6H3. The molecule has 1 aromatic heterocycles. The maximum atomic E-state index is 13.4. The fraction of sp³-hybridized carbons (Fsp3) is 0.370. The number of carbonyl (C=O) groups is 1. The van der Waals surface area contributed by atoms with Crippen molar-refractivity contribution in [2.75, 3.05) is 0 Å². The SMILES string of the molecule is C=Cc1cccc(-c2ccc3nc(C(C)(C)C)c(=O)n(CCC(C)C(=O)CC)c3c2)c1. The Labute approximate surface area is 184 Å². The monoisotopic (exact) mass is 416 g/mol. The summed E-state index contributed by atoms with van der Waals surface area (Å²) in [6, 6.07) is 14.2. The van der Waals surface area contributed by atoms with Gasteiger partial charge in [-0.05, 0) is 41.3 Å². The van der Waals surface area contributed by atoms with Crippen LogP contribution in [0.5, 0.6) is 0 Å². The molecular weight excluding hydrogens is 384 g/mol. The highest BCUT2D eigenvalue weighted by molar-refractivity contribution is 5.83. The van der Waals surface area contributed by atoms with E-state index in [-0.39, 0.29) is 22.7 Å². The van der Waals surface area contributed by atoms with Crippen molar-refractivity contribution < 1.29 is 4.79 Å². The van der Waals surface area contributed by atoms with Crippen LogP contribution in [0.3, 0.4) is 0 Å². The van der Waals surface area contributed by atoms with Gasteiger partial charge >= 0.3 is 0 Å². The first-order valence-electron chi connectivity index (χ1n) is 11.0. The van der Waals surface area contributed by atoms with Crippen LogP contribution in [0.15, 0.2) is 53.8 Å². The van der Waals surface area contributed by atoms with Gasteiger partial charge in [-0.3, -0.25) is 9.59 Å². The number of benzene rings is 2. The van der Waals surface area contributed by atoms with Crippen LogP contribution < -0.4 is 5.56 Å². The van der Waals surface area contributed by atoms with Gasteiger partial charge in [0.1, 0.15) is 11.5 Å². The van der Waals surface area contributed by atoms with E-state index in [0.29, 0.717) is 25.1 Å². The summed E-state index contributed by atoms with van der Waals surface area (Å²) >= 11 is 0. The fourth-order valence-electron chi connectivity index (χ4n) is 3.81. The molecule has 3 aromatic rings. The van der Waals surface area contributed by atoms with Crippen molar-refractivity contribution in [3.8, 4) is 11.1 Å². The summed E-state index contributed by atoms with van der Waals surface area (Å²) in [5.74, 6) is 0.148. The summed E-state index contributed by atoms with van der Waals surface area (Å²) in [4.78, 5) is 30.3. The average Bonchev–Trinajstić information content (AvgIpc) is 2.76. The highest BCUT2D eigenvalue weighted by atomic mass is 16.1. The van der Waals surface area contributed by atoms with Gasteiger partial charge in [0.05, 0.1) is 11.0 Å². The molecule has 0 radical (unpaired) electrons. The van der Waals surface area contributed by atoms with E-state index in [9.17, 15) is 9.59 Å². The second-order valence-electron chi connectivity index (χ2n) is 9.21. The number of rotatable bonds is 7. The maximum absolute atomic E-state index is 13.4. The van der Waals surface area contributed by atoms with Crippen LogP contribution in [0.25, 0.3) is 28.2 Å². The molecule has 2 aromatic carbocycles. The number of carbonyl (C=O) groups excluding carboxylic acids is 1. The minimum atomic E-state index is -0.366. The van der Waals surface area contributed by atoms with Gasteiger partial charge in [0.2, 0.25) is 0 Å².